The van der Waals surface area contributed by atoms with E-state index >= 15 is 0 Å². The molecule has 1 amide bonds. The number of anilines is 1. The maximum atomic E-state index is 12.9. The Morgan fingerprint density at radius 2 is 1.85 bits per heavy atom. The number of hydrogen-bond acceptors (Lipinski definition) is 3. The van der Waals surface area contributed by atoms with Crippen LogP contribution in [-0.4, -0.2) is 24.3 Å². The van der Waals surface area contributed by atoms with Gasteiger partial charge in [0, 0.05) is 17.0 Å². The van der Waals surface area contributed by atoms with Crippen molar-refractivity contribution in [1.82, 2.24) is 5.32 Å². The summed E-state index contributed by atoms with van der Waals surface area (Å²) in [5, 5.41) is 13.1. The van der Waals surface area contributed by atoms with Gasteiger partial charge in [-0.2, -0.15) is 13.2 Å². The van der Waals surface area contributed by atoms with E-state index in [1.54, 1.807) is 0 Å². The Bertz CT molecular complexity index is 753. The van der Waals surface area contributed by atoms with Crippen molar-refractivity contribution in [3.05, 3.63) is 40.6 Å². The van der Waals surface area contributed by atoms with Gasteiger partial charge in [0.05, 0.1) is 6.54 Å². The maximum absolute atomic E-state index is 12.9. The Morgan fingerprint density at radius 1 is 1.08 bits per heavy atom. The van der Waals surface area contributed by atoms with E-state index < -0.39 is 11.9 Å². The summed E-state index contributed by atoms with van der Waals surface area (Å²) in [4.78, 5) is 12.3. The van der Waals surface area contributed by atoms with Crippen LogP contribution < -0.4 is 10.6 Å². The minimum absolute atomic E-state index is 0.0165. The van der Waals surface area contributed by atoms with Crippen LogP contribution in [0.4, 0.5) is 18.9 Å². The van der Waals surface area contributed by atoms with Crippen LogP contribution in [0.15, 0.2) is 29.5 Å². The van der Waals surface area contributed by atoms with E-state index in [1.165, 1.54) is 5.56 Å². The van der Waals surface area contributed by atoms with Crippen LogP contribution in [0.25, 0.3) is 0 Å². The van der Waals surface area contributed by atoms with Crippen molar-refractivity contribution >= 4 is 17.3 Å². The first-order chi connectivity index (χ1) is 12.4. The third-order valence-electron chi connectivity index (χ3n) is 4.94. The zero-order valence-electron chi connectivity index (χ0n) is 14.4. The molecule has 0 aliphatic heterocycles. The van der Waals surface area contributed by atoms with E-state index in [4.69, 9.17) is 5.41 Å². The molecule has 7 heteroatoms. The van der Waals surface area contributed by atoms with Crippen molar-refractivity contribution in [3.63, 3.8) is 0 Å². The topological polar surface area (TPSA) is 65.0 Å². The lowest BCUT2D eigenvalue weighted by Gasteiger charge is -2.23. The molecular weight excluding hydrogens is 343 g/mol. The molecule has 2 aliphatic carbocycles. The second kappa shape index (κ2) is 7.51. The first-order valence-corrected chi connectivity index (χ1v) is 8.89. The number of alkyl halides is 3. The third-order valence-corrected chi connectivity index (χ3v) is 4.94. The second-order valence-electron chi connectivity index (χ2n) is 6.74. The van der Waals surface area contributed by atoms with Gasteiger partial charge in [0.1, 0.15) is 5.71 Å². The summed E-state index contributed by atoms with van der Waals surface area (Å²) in [6, 6.07) is 5.81. The summed E-state index contributed by atoms with van der Waals surface area (Å²) in [5.41, 5.74) is 2.22. The van der Waals surface area contributed by atoms with E-state index in [2.05, 4.69) is 16.7 Å². The van der Waals surface area contributed by atoms with Crippen LogP contribution in [0.3, 0.4) is 0 Å². The van der Waals surface area contributed by atoms with Crippen LogP contribution >= 0.6 is 0 Å². The molecule has 0 radical (unpaired) electrons. The van der Waals surface area contributed by atoms with Gasteiger partial charge in [-0.3, -0.25) is 10.2 Å². The molecule has 0 saturated carbocycles. The van der Waals surface area contributed by atoms with Gasteiger partial charge in [-0.05, 0) is 62.1 Å². The van der Waals surface area contributed by atoms with Gasteiger partial charge in [0.15, 0.2) is 0 Å². The Balaban J connectivity index is 1.66. The van der Waals surface area contributed by atoms with Gasteiger partial charge in [0.2, 0.25) is 5.91 Å². The first-order valence-electron chi connectivity index (χ1n) is 8.89. The predicted molar refractivity (Wildman–Crippen MR) is 94.4 cm³/mol. The molecule has 1 aromatic carbocycles. The molecule has 0 unspecified atom stereocenters. The number of amides is 1. The van der Waals surface area contributed by atoms with Crippen LogP contribution in [-0.2, 0) is 17.6 Å². The fourth-order valence-electron chi connectivity index (χ4n) is 3.67. The largest absolute Gasteiger partial charge is 0.432 e. The fraction of sp³-hybridized carbons (Fsp3) is 0.474. The van der Waals surface area contributed by atoms with Crippen LogP contribution in [0.2, 0.25) is 0 Å². The highest BCUT2D eigenvalue weighted by Gasteiger charge is 2.38. The first kappa shape index (κ1) is 18.5. The van der Waals surface area contributed by atoms with Crippen molar-refractivity contribution in [2.75, 3.05) is 11.9 Å². The monoisotopic (exact) mass is 365 g/mol. The van der Waals surface area contributed by atoms with Crippen molar-refractivity contribution in [3.8, 4) is 0 Å². The standard InChI is InChI=1S/C19H22F3N3O/c20-19(21,22)18(23)14-7-1-2-9-15(14)24-11-17(26)25-16-10-4-6-12-5-3-8-13(12)16/h4,6,10,23-24H,1-3,5,7-9,11H2,(H,25,26). The number of rotatable bonds is 5. The van der Waals surface area contributed by atoms with Crippen molar-refractivity contribution in [1.29, 1.82) is 5.41 Å². The molecule has 3 N–H and O–H groups in total. The average Bonchev–Trinajstić information content (AvgIpc) is 3.08. The Hall–Kier alpha value is -2.31. The van der Waals surface area contributed by atoms with E-state index in [9.17, 15) is 18.0 Å². The number of carbonyl (C=O) groups is 1. The highest BCUT2D eigenvalue weighted by atomic mass is 19.4. The number of aryl methyl sites for hydroxylation is 1. The Labute approximate surface area is 150 Å². The van der Waals surface area contributed by atoms with Crippen LogP contribution in [0.1, 0.15) is 43.2 Å². The molecule has 0 heterocycles. The quantitative estimate of drug-likeness (QED) is 0.688. The summed E-state index contributed by atoms with van der Waals surface area (Å²) in [6.45, 7) is -0.104. The zero-order valence-corrected chi connectivity index (χ0v) is 14.4. The minimum Gasteiger partial charge on any atom is -0.379 e. The highest BCUT2D eigenvalue weighted by molar-refractivity contribution is 6.02. The number of halogens is 3. The minimum atomic E-state index is -4.66. The normalized spacial score (nSPS) is 17.0. The second-order valence-corrected chi connectivity index (χ2v) is 6.74. The van der Waals surface area contributed by atoms with Gasteiger partial charge < -0.3 is 10.6 Å². The molecule has 26 heavy (non-hydrogen) atoms. The van der Waals surface area contributed by atoms with Crippen molar-refractivity contribution in [2.24, 2.45) is 0 Å². The number of allylic oxidation sites excluding steroid dienone is 2. The van der Waals surface area contributed by atoms with Gasteiger partial charge in [-0.15, -0.1) is 0 Å². The molecule has 140 valence electrons. The lowest BCUT2D eigenvalue weighted by molar-refractivity contribution is -0.115. The molecule has 2 aliphatic rings. The number of benzene rings is 1. The molecule has 0 aromatic heterocycles. The van der Waals surface area contributed by atoms with Gasteiger partial charge in [0.25, 0.3) is 0 Å². The van der Waals surface area contributed by atoms with E-state index in [1.807, 2.05) is 12.1 Å². The summed E-state index contributed by atoms with van der Waals surface area (Å²) >= 11 is 0. The molecule has 3 rings (SSSR count). The number of hydrogen-bond donors (Lipinski definition) is 3. The number of carbonyl (C=O) groups excluding carboxylic acids is 1. The molecule has 1 aromatic rings. The summed E-state index contributed by atoms with van der Waals surface area (Å²) in [6.07, 6.45) is 0.371. The average molecular weight is 365 g/mol. The predicted octanol–water partition coefficient (Wildman–Crippen LogP) is 4.11. The molecule has 0 saturated heterocycles. The molecule has 0 bridgehead atoms. The van der Waals surface area contributed by atoms with Gasteiger partial charge in [-0.25, -0.2) is 0 Å². The Kier molecular flexibility index (Phi) is 5.34. The van der Waals surface area contributed by atoms with Crippen LogP contribution in [0, 0.1) is 5.41 Å². The molecule has 0 spiro atoms. The van der Waals surface area contributed by atoms with Crippen molar-refractivity contribution in [2.45, 2.75) is 51.1 Å². The third kappa shape index (κ3) is 4.08. The van der Waals surface area contributed by atoms with Gasteiger partial charge in [-0.1, -0.05) is 12.1 Å². The lowest BCUT2D eigenvalue weighted by atomic mass is 9.92. The molecule has 4 nitrogen and oxygen atoms in total. The number of nitrogens with one attached hydrogen (secondary N) is 3. The molecule has 0 fully saturated rings. The van der Waals surface area contributed by atoms with Crippen LogP contribution in [0.5, 0.6) is 0 Å². The maximum Gasteiger partial charge on any atom is 0.432 e. The number of fused-ring (bicyclic) bond motifs is 1. The zero-order chi connectivity index (χ0) is 18.7. The smallest absolute Gasteiger partial charge is 0.379 e. The highest BCUT2D eigenvalue weighted by Crippen LogP contribution is 2.31. The van der Waals surface area contributed by atoms with E-state index in [0.717, 1.165) is 36.9 Å². The molecule has 0 atom stereocenters. The fourth-order valence-corrected chi connectivity index (χ4v) is 3.67. The summed E-state index contributed by atoms with van der Waals surface area (Å²) in [5.74, 6) is -0.290. The van der Waals surface area contributed by atoms with E-state index in [-0.39, 0.29) is 24.4 Å². The Morgan fingerprint density at radius 3 is 2.62 bits per heavy atom. The lowest BCUT2D eigenvalue weighted by Crippen LogP contribution is -2.33. The SMILES string of the molecule is N=C(C1=C(NCC(=O)Nc2cccc3c2CCC3)CCCC1)C(F)(F)F. The summed E-state index contributed by atoms with van der Waals surface area (Å²) in [7, 11) is 0. The summed E-state index contributed by atoms with van der Waals surface area (Å²) < 4.78 is 38.6. The van der Waals surface area contributed by atoms with Crippen molar-refractivity contribution < 1.29 is 18.0 Å². The van der Waals surface area contributed by atoms with Gasteiger partial charge >= 0.3 is 6.18 Å². The van der Waals surface area contributed by atoms with E-state index in [0.29, 0.717) is 18.5 Å². The molecular formula is C19H22F3N3O.